The summed E-state index contributed by atoms with van der Waals surface area (Å²) in [6.45, 7) is 8.26. The zero-order chi connectivity index (χ0) is 13.7. The van der Waals surface area contributed by atoms with Crippen LogP contribution in [0, 0.1) is 11.8 Å². The molecule has 1 amide bonds. The van der Waals surface area contributed by atoms with E-state index in [9.17, 15) is 4.79 Å². The summed E-state index contributed by atoms with van der Waals surface area (Å²) in [5.41, 5.74) is 5.57. The largest absolute Gasteiger partial charge is 0.383 e. The molecule has 1 aliphatic rings. The highest BCUT2D eigenvalue weighted by molar-refractivity contribution is 5.80. The number of hydrogen-bond donors (Lipinski definition) is 1. The number of rotatable bonds is 6. The third-order valence-electron chi connectivity index (χ3n) is 3.80. The average molecular weight is 258 g/mol. The Labute approximate surface area is 110 Å². The summed E-state index contributed by atoms with van der Waals surface area (Å²) in [6, 6.07) is 0. The lowest BCUT2D eigenvalue weighted by molar-refractivity contribution is -0.138. The van der Waals surface area contributed by atoms with Crippen LogP contribution in [0.1, 0.15) is 20.8 Å². The Kier molecular flexibility index (Phi) is 6.05. The molecule has 1 aliphatic heterocycles. The maximum absolute atomic E-state index is 12.5. The van der Waals surface area contributed by atoms with Gasteiger partial charge in [0.2, 0.25) is 5.91 Å². The maximum atomic E-state index is 12.5. The first-order valence-electron chi connectivity index (χ1n) is 6.66. The molecule has 18 heavy (non-hydrogen) atoms. The van der Waals surface area contributed by atoms with E-state index in [1.807, 2.05) is 13.8 Å². The van der Waals surface area contributed by atoms with Crippen molar-refractivity contribution < 1.29 is 14.3 Å². The standard InChI is InChI=1S/C13H26N2O3/c1-9-10(2)18-11(3)12(9)13(16)15(6-5-14)7-8-17-4/h9-12H,5-8,14H2,1-4H3. The molecule has 106 valence electrons. The van der Waals surface area contributed by atoms with E-state index in [1.54, 1.807) is 12.0 Å². The number of hydrogen-bond acceptors (Lipinski definition) is 4. The Morgan fingerprint density at radius 2 is 1.94 bits per heavy atom. The third kappa shape index (κ3) is 3.43. The fraction of sp³-hybridized carbons (Fsp3) is 0.923. The number of nitrogens with two attached hydrogens (primary N) is 1. The Morgan fingerprint density at radius 1 is 1.28 bits per heavy atom. The second-order valence-electron chi connectivity index (χ2n) is 5.04. The SMILES string of the molecule is COCCN(CCN)C(=O)C1C(C)OC(C)C1C. The molecule has 1 saturated heterocycles. The van der Waals surface area contributed by atoms with Crippen molar-refractivity contribution in [3.63, 3.8) is 0 Å². The van der Waals surface area contributed by atoms with E-state index >= 15 is 0 Å². The molecule has 5 heteroatoms. The summed E-state index contributed by atoms with van der Waals surface area (Å²) >= 11 is 0. The topological polar surface area (TPSA) is 64.8 Å². The molecule has 0 radical (unpaired) electrons. The quantitative estimate of drug-likeness (QED) is 0.752. The number of carbonyl (C=O) groups excluding carboxylic acids is 1. The van der Waals surface area contributed by atoms with Gasteiger partial charge in [0, 0.05) is 26.7 Å². The van der Waals surface area contributed by atoms with Gasteiger partial charge >= 0.3 is 0 Å². The van der Waals surface area contributed by atoms with Crippen LogP contribution < -0.4 is 5.73 Å². The molecule has 1 fully saturated rings. The Balaban J connectivity index is 2.69. The first-order chi connectivity index (χ1) is 8.52. The molecule has 5 nitrogen and oxygen atoms in total. The molecular formula is C13H26N2O3. The molecule has 1 heterocycles. The Hall–Kier alpha value is -0.650. The predicted molar refractivity (Wildman–Crippen MR) is 70.2 cm³/mol. The zero-order valence-electron chi connectivity index (χ0n) is 11.9. The molecule has 0 saturated carbocycles. The lowest BCUT2D eigenvalue weighted by atomic mass is 9.88. The van der Waals surface area contributed by atoms with E-state index in [0.717, 1.165) is 0 Å². The van der Waals surface area contributed by atoms with E-state index in [-0.39, 0.29) is 30.0 Å². The minimum absolute atomic E-state index is 0.0229. The van der Waals surface area contributed by atoms with Gasteiger partial charge in [-0.1, -0.05) is 6.92 Å². The van der Waals surface area contributed by atoms with Gasteiger partial charge in [0.25, 0.3) is 0 Å². The van der Waals surface area contributed by atoms with Gasteiger partial charge in [0.05, 0.1) is 24.7 Å². The molecule has 0 spiro atoms. The molecule has 0 aliphatic carbocycles. The van der Waals surface area contributed by atoms with Crippen LogP contribution in [0.25, 0.3) is 0 Å². The molecule has 4 atom stereocenters. The highest BCUT2D eigenvalue weighted by atomic mass is 16.5. The van der Waals surface area contributed by atoms with E-state index in [4.69, 9.17) is 15.2 Å². The highest BCUT2D eigenvalue weighted by Gasteiger charge is 2.43. The van der Waals surface area contributed by atoms with Gasteiger partial charge in [-0.05, 0) is 19.8 Å². The summed E-state index contributed by atoms with van der Waals surface area (Å²) in [5, 5.41) is 0. The van der Waals surface area contributed by atoms with E-state index in [2.05, 4.69) is 6.92 Å². The second kappa shape index (κ2) is 7.07. The van der Waals surface area contributed by atoms with Crippen LogP contribution in [-0.2, 0) is 14.3 Å². The minimum atomic E-state index is -0.0663. The molecule has 0 aromatic carbocycles. The van der Waals surface area contributed by atoms with Crippen molar-refractivity contribution in [2.75, 3.05) is 33.4 Å². The monoisotopic (exact) mass is 258 g/mol. The number of amides is 1. The zero-order valence-corrected chi connectivity index (χ0v) is 11.9. The van der Waals surface area contributed by atoms with Crippen LogP contribution in [0.15, 0.2) is 0 Å². The first kappa shape index (κ1) is 15.4. The van der Waals surface area contributed by atoms with E-state index in [0.29, 0.717) is 26.2 Å². The summed E-state index contributed by atoms with van der Waals surface area (Å²) < 4.78 is 10.8. The molecule has 0 bridgehead atoms. The molecule has 1 rings (SSSR count). The maximum Gasteiger partial charge on any atom is 0.228 e. The molecule has 0 aromatic heterocycles. The minimum Gasteiger partial charge on any atom is -0.383 e. The van der Waals surface area contributed by atoms with Gasteiger partial charge in [0.1, 0.15) is 0 Å². The lowest BCUT2D eigenvalue weighted by Crippen LogP contribution is -2.44. The normalized spacial score (nSPS) is 31.6. The molecule has 0 aromatic rings. The predicted octanol–water partition coefficient (Wildman–Crippen LogP) is 0.480. The van der Waals surface area contributed by atoms with Crippen molar-refractivity contribution in [1.82, 2.24) is 4.90 Å². The van der Waals surface area contributed by atoms with Crippen molar-refractivity contribution in [3.8, 4) is 0 Å². The first-order valence-corrected chi connectivity index (χ1v) is 6.66. The number of methoxy groups -OCH3 is 1. The number of nitrogens with zero attached hydrogens (tertiary/aromatic N) is 1. The molecule has 4 unspecified atom stereocenters. The van der Waals surface area contributed by atoms with Gasteiger partial charge in [-0.2, -0.15) is 0 Å². The van der Waals surface area contributed by atoms with Crippen LogP contribution in [0.3, 0.4) is 0 Å². The van der Waals surface area contributed by atoms with Gasteiger partial charge in [0.15, 0.2) is 0 Å². The van der Waals surface area contributed by atoms with Gasteiger partial charge < -0.3 is 20.1 Å². The number of carbonyl (C=O) groups is 1. The van der Waals surface area contributed by atoms with Crippen LogP contribution >= 0.6 is 0 Å². The van der Waals surface area contributed by atoms with Crippen LogP contribution in [0.2, 0.25) is 0 Å². The Bertz CT molecular complexity index is 273. The summed E-state index contributed by atoms with van der Waals surface area (Å²) in [4.78, 5) is 14.3. The van der Waals surface area contributed by atoms with Crippen molar-refractivity contribution >= 4 is 5.91 Å². The summed E-state index contributed by atoms with van der Waals surface area (Å²) in [6.07, 6.45) is 0.112. The lowest BCUT2D eigenvalue weighted by Gasteiger charge is -2.28. The molecular weight excluding hydrogens is 232 g/mol. The van der Waals surface area contributed by atoms with Crippen molar-refractivity contribution in [1.29, 1.82) is 0 Å². The van der Waals surface area contributed by atoms with Gasteiger partial charge in [-0.25, -0.2) is 0 Å². The van der Waals surface area contributed by atoms with Gasteiger partial charge in [-0.3, -0.25) is 4.79 Å². The Morgan fingerprint density at radius 3 is 2.39 bits per heavy atom. The van der Waals surface area contributed by atoms with Crippen molar-refractivity contribution in [3.05, 3.63) is 0 Å². The average Bonchev–Trinajstić information content (AvgIpc) is 2.58. The third-order valence-corrected chi connectivity index (χ3v) is 3.80. The van der Waals surface area contributed by atoms with Gasteiger partial charge in [-0.15, -0.1) is 0 Å². The van der Waals surface area contributed by atoms with E-state index < -0.39 is 0 Å². The van der Waals surface area contributed by atoms with Crippen molar-refractivity contribution in [2.45, 2.75) is 33.0 Å². The van der Waals surface area contributed by atoms with Crippen LogP contribution in [-0.4, -0.2) is 56.4 Å². The van der Waals surface area contributed by atoms with Crippen molar-refractivity contribution in [2.24, 2.45) is 17.6 Å². The molecule has 2 N–H and O–H groups in total. The van der Waals surface area contributed by atoms with Crippen LogP contribution in [0.5, 0.6) is 0 Å². The fourth-order valence-electron chi connectivity index (χ4n) is 2.59. The summed E-state index contributed by atoms with van der Waals surface area (Å²) in [7, 11) is 1.64. The fourth-order valence-corrected chi connectivity index (χ4v) is 2.59. The second-order valence-corrected chi connectivity index (χ2v) is 5.04. The number of ether oxygens (including phenoxy) is 2. The van der Waals surface area contributed by atoms with Crippen LogP contribution in [0.4, 0.5) is 0 Å². The highest BCUT2D eigenvalue weighted by Crippen LogP contribution is 2.33. The smallest absolute Gasteiger partial charge is 0.228 e. The van der Waals surface area contributed by atoms with E-state index in [1.165, 1.54) is 0 Å². The summed E-state index contributed by atoms with van der Waals surface area (Å²) in [5.74, 6) is 0.320.